The summed E-state index contributed by atoms with van der Waals surface area (Å²) >= 11 is 16.0. The lowest BCUT2D eigenvalue weighted by molar-refractivity contribution is 0.102. The molecule has 5 rings (SSSR count). The van der Waals surface area contributed by atoms with Gasteiger partial charge in [-0.25, -0.2) is 9.50 Å². The number of hydrogen-bond donors (Lipinski definition) is 1. The maximum absolute atomic E-state index is 12.9. The summed E-state index contributed by atoms with van der Waals surface area (Å²) in [7, 11) is 0. The quantitative estimate of drug-likeness (QED) is 0.309. The Morgan fingerprint density at radius 1 is 1.09 bits per heavy atom. The van der Waals surface area contributed by atoms with Gasteiger partial charge in [0, 0.05) is 52.9 Å². The number of carbonyl (C=O) groups excluding carboxylic acids is 1. The number of fused-ring (bicyclic) bond motifs is 1. The minimum absolute atomic E-state index is 0.203. The second-order valence-electron chi connectivity index (χ2n) is 7.36. The molecule has 0 bridgehead atoms. The van der Waals surface area contributed by atoms with E-state index in [-0.39, 0.29) is 5.69 Å². The third-order valence-corrected chi connectivity index (χ3v) is 6.43. The molecule has 12 heteroatoms. The monoisotopic (exact) mass is 558 g/mol. The number of rotatable bonds is 6. The van der Waals surface area contributed by atoms with Crippen LogP contribution < -0.4 is 5.32 Å². The highest BCUT2D eigenvalue weighted by molar-refractivity contribution is 9.10. The Balaban J connectivity index is 1.38. The van der Waals surface area contributed by atoms with Crippen molar-refractivity contribution in [3.05, 3.63) is 80.8 Å². The number of hydrogen-bond acceptors (Lipinski definition) is 5. The average Bonchev–Trinajstić information content (AvgIpc) is 3.54. The lowest BCUT2D eigenvalue weighted by Gasteiger charge is -2.06. The van der Waals surface area contributed by atoms with E-state index in [9.17, 15) is 4.79 Å². The summed E-state index contributed by atoms with van der Waals surface area (Å²) < 4.78 is 5.88. The predicted octanol–water partition coefficient (Wildman–Crippen LogP) is 5.18. The van der Waals surface area contributed by atoms with Crippen LogP contribution in [0.5, 0.6) is 0 Å². The molecule has 34 heavy (non-hydrogen) atoms. The summed E-state index contributed by atoms with van der Waals surface area (Å²) in [4.78, 5) is 17.2. The number of amides is 1. The van der Waals surface area contributed by atoms with E-state index in [0.29, 0.717) is 39.4 Å². The van der Waals surface area contributed by atoms with Gasteiger partial charge in [0.25, 0.3) is 5.91 Å². The zero-order chi connectivity index (χ0) is 23.8. The first-order valence-corrected chi connectivity index (χ1v) is 11.8. The molecule has 0 radical (unpaired) electrons. The van der Waals surface area contributed by atoms with Gasteiger partial charge < -0.3 is 5.32 Å². The van der Waals surface area contributed by atoms with E-state index in [2.05, 4.69) is 41.5 Å². The fourth-order valence-corrected chi connectivity index (χ4v) is 4.50. The summed E-state index contributed by atoms with van der Waals surface area (Å²) in [6.45, 7) is 3.11. The van der Waals surface area contributed by atoms with Gasteiger partial charge in [0.05, 0.1) is 16.7 Å². The molecule has 0 spiro atoms. The number of benzene rings is 1. The van der Waals surface area contributed by atoms with E-state index < -0.39 is 5.91 Å². The molecule has 0 saturated heterocycles. The maximum atomic E-state index is 12.9. The highest BCUT2D eigenvalue weighted by Gasteiger charge is 2.18. The number of nitrogens with zero attached hydrogens (tertiary/aromatic N) is 7. The SMILES string of the molecule is CCn1cc(Br)c(-c2ccnc3cc(C(=O)Nc4ccn(Cc5c(Cl)cccc5Cl)n4)nn23)n1. The molecular weight excluding hydrogens is 543 g/mol. The molecule has 0 aliphatic carbocycles. The zero-order valence-electron chi connectivity index (χ0n) is 17.8. The molecule has 1 amide bonds. The third-order valence-electron chi connectivity index (χ3n) is 5.14. The molecule has 0 saturated carbocycles. The number of anilines is 1. The highest BCUT2D eigenvalue weighted by Crippen LogP contribution is 2.27. The number of halogens is 3. The molecule has 1 N–H and O–H groups in total. The van der Waals surface area contributed by atoms with Crippen LogP contribution >= 0.6 is 39.1 Å². The summed E-state index contributed by atoms with van der Waals surface area (Å²) in [6, 6.07) is 10.4. The number of aromatic nitrogens is 7. The molecule has 172 valence electrons. The minimum atomic E-state index is -0.407. The normalized spacial score (nSPS) is 11.3. The van der Waals surface area contributed by atoms with Crippen molar-refractivity contribution in [3.8, 4) is 11.4 Å². The Morgan fingerprint density at radius 2 is 1.88 bits per heavy atom. The van der Waals surface area contributed by atoms with Crippen molar-refractivity contribution < 1.29 is 4.79 Å². The Labute approximate surface area is 212 Å². The Bertz CT molecular complexity index is 1500. The van der Waals surface area contributed by atoms with Gasteiger partial charge in [0.2, 0.25) is 0 Å². The summed E-state index contributed by atoms with van der Waals surface area (Å²) in [5, 5.41) is 17.3. The molecule has 0 aliphatic heterocycles. The molecule has 9 nitrogen and oxygen atoms in total. The van der Waals surface area contributed by atoms with Crippen molar-refractivity contribution >= 4 is 56.5 Å². The maximum Gasteiger partial charge on any atom is 0.277 e. The molecule has 1 aromatic carbocycles. The first-order valence-electron chi connectivity index (χ1n) is 10.3. The standard InChI is InChI=1S/C22H17BrCl2N8O/c1-2-31-12-14(23)21(30-31)18-6-8-26-20-10-17(28-33(18)20)22(34)27-19-7-9-32(29-19)11-13-15(24)4-3-5-16(13)25/h3-10,12H,2,11H2,1H3,(H,27,29,34). The highest BCUT2D eigenvalue weighted by atomic mass is 79.9. The molecule has 0 aliphatic rings. The fraction of sp³-hybridized carbons (Fsp3) is 0.136. The number of nitrogens with one attached hydrogen (secondary N) is 1. The number of carbonyl (C=O) groups is 1. The minimum Gasteiger partial charge on any atom is -0.304 e. The lowest BCUT2D eigenvalue weighted by atomic mass is 10.2. The fourth-order valence-electron chi connectivity index (χ4n) is 3.46. The van der Waals surface area contributed by atoms with Crippen molar-refractivity contribution in [3.63, 3.8) is 0 Å². The van der Waals surface area contributed by atoms with Crippen LogP contribution in [0, 0.1) is 0 Å². The van der Waals surface area contributed by atoms with Gasteiger partial charge in [-0.05, 0) is 41.1 Å². The van der Waals surface area contributed by atoms with Crippen molar-refractivity contribution in [1.29, 1.82) is 0 Å². The largest absolute Gasteiger partial charge is 0.304 e. The van der Waals surface area contributed by atoms with E-state index in [1.807, 2.05) is 17.8 Å². The van der Waals surface area contributed by atoms with Crippen LogP contribution in [0.25, 0.3) is 17.0 Å². The summed E-state index contributed by atoms with van der Waals surface area (Å²) in [5.41, 5.74) is 2.90. The van der Waals surface area contributed by atoms with Crippen LogP contribution in [0.2, 0.25) is 10.0 Å². The van der Waals surface area contributed by atoms with Gasteiger partial charge in [-0.3, -0.25) is 14.2 Å². The van der Waals surface area contributed by atoms with Crippen LogP contribution in [-0.2, 0) is 13.1 Å². The lowest BCUT2D eigenvalue weighted by Crippen LogP contribution is -2.14. The van der Waals surface area contributed by atoms with Crippen molar-refractivity contribution in [2.75, 3.05) is 5.32 Å². The first-order chi connectivity index (χ1) is 16.4. The second kappa shape index (κ2) is 9.21. The van der Waals surface area contributed by atoms with E-state index in [1.54, 1.807) is 58.0 Å². The van der Waals surface area contributed by atoms with Crippen molar-refractivity contribution in [2.24, 2.45) is 0 Å². The van der Waals surface area contributed by atoms with E-state index >= 15 is 0 Å². The van der Waals surface area contributed by atoms with Crippen molar-refractivity contribution in [1.82, 2.24) is 34.2 Å². The van der Waals surface area contributed by atoms with Gasteiger partial charge in [-0.1, -0.05) is 29.3 Å². The topological polar surface area (TPSA) is 94.9 Å². The van der Waals surface area contributed by atoms with Crippen LogP contribution in [0.1, 0.15) is 23.0 Å². The van der Waals surface area contributed by atoms with Gasteiger partial charge in [0.15, 0.2) is 17.2 Å². The first kappa shape index (κ1) is 22.6. The molecule has 0 fully saturated rings. The van der Waals surface area contributed by atoms with Gasteiger partial charge in [0.1, 0.15) is 5.69 Å². The predicted molar refractivity (Wildman–Crippen MR) is 133 cm³/mol. The third kappa shape index (κ3) is 4.31. The molecule has 4 aromatic heterocycles. The molecule has 5 aromatic rings. The van der Waals surface area contributed by atoms with Crippen LogP contribution in [-0.4, -0.2) is 40.1 Å². The van der Waals surface area contributed by atoms with Crippen molar-refractivity contribution in [2.45, 2.75) is 20.0 Å². The smallest absolute Gasteiger partial charge is 0.277 e. The van der Waals surface area contributed by atoms with E-state index in [0.717, 1.165) is 16.6 Å². The van der Waals surface area contributed by atoms with Gasteiger partial charge in [-0.15, -0.1) is 0 Å². The molecule has 0 unspecified atom stereocenters. The molecular formula is C22H17BrCl2N8O. The Morgan fingerprint density at radius 3 is 2.62 bits per heavy atom. The van der Waals surface area contributed by atoms with Crippen LogP contribution in [0.3, 0.4) is 0 Å². The summed E-state index contributed by atoms with van der Waals surface area (Å²) in [6.07, 6.45) is 5.29. The van der Waals surface area contributed by atoms with Gasteiger partial charge in [-0.2, -0.15) is 15.3 Å². The Hall–Kier alpha value is -3.21. The second-order valence-corrected chi connectivity index (χ2v) is 9.03. The van der Waals surface area contributed by atoms with Gasteiger partial charge >= 0.3 is 0 Å². The zero-order valence-corrected chi connectivity index (χ0v) is 20.9. The average molecular weight is 560 g/mol. The number of aryl methyl sites for hydroxylation is 1. The summed E-state index contributed by atoms with van der Waals surface area (Å²) in [5.74, 6) is -0.0292. The van der Waals surface area contributed by atoms with E-state index in [1.165, 1.54) is 0 Å². The molecule has 0 atom stereocenters. The molecule has 4 heterocycles. The van der Waals surface area contributed by atoms with E-state index in [4.69, 9.17) is 23.2 Å². The van der Waals surface area contributed by atoms with Crippen LogP contribution in [0.15, 0.2) is 59.5 Å². The van der Waals surface area contributed by atoms with Crippen LogP contribution in [0.4, 0.5) is 5.82 Å². The Kier molecular flexibility index (Phi) is 6.11.